The topological polar surface area (TPSA) is 38.9 Å². The molecule has 0 aromatic carbocycles. The van der Waals surface area contributed by atoms with Crippen LogP contribution in [0.2, 0.25) is 0 Å². The van der Waals surface area contributed by atoms with E-state index >= 15 is 0 Å². The first kappa shape index (κ1) is 9.02. The summed E-state index contributed by atoms with van der Waals surface area (Å²) in [4.78, 5) is 3.86. The minimum Gasteiger partial charge on any atom is -0.315 e. The molecule has 0 aliphatic heterocycles. The van der Waals surface area contributed by atoms with E-state index in [1.54, 1.807) is 12.1 Å². The fourth-order valence-electron chi connectivity index (χ4n) is 1.28. The Morgan fingerprint density at radius 1 is 1.54 bits per heavy atom. The minimum absolute atomic E-state index is 0.236. The molecule has 2 rings (SSSR count). The highest BCUT2D eigenvalue weighted by Crippen LogP contribution is 2.58. The predicted molar refractivity (Wildman–Crippen MR) is 47.4 cm³/mol. The van der Waals surface area contributed by atoms with Crippen LogP contribution in [0.4, 0.5) is 8.78 Å². The highest BCUT2D eigenvalue weighted by atomic mass is 79.9. The molecule has 1 heterocycles. The quantitative estimate of drug-likeness (QED) is 0.827. The normalized spacial score (nSPS) is 30.2. The van der Waals surface area contributed by atoms with E-state index in [1.807, 2.05) is 0 Å². The first-order valence-electron chi connectivity index (χ1n) is 3.75. The van der Waals surface area contributed by atoms with Crippen molar-refractivity contribution in [1.29, 1.82) is 0 Å². The van der Waals surface area contributed by atoms with Crippen LogP contribution in [0.5, 0.6) is 0 Å². The number of nitrogens with zero attached hydrogens (tertiary/aromatic N) is 1. The summed E-state index contributed by atoms with van der Waals surface area (Å²) in [6, 6.07) is 3.32. The Hall–Kier alpha value is -0.550. The second-order valence-corrected chi connectivity index (χ2v) is 4.04. The summed E-state index contributed by atoms with van der Waals surface area (Å²) in [5, 5.41) is 0. The predicted octanol–water partition coefficient (Wildman–Crippen LogP) is 2.04. The molecule has 2 nitrogen and oxygen atoms in total. The minimum atomic E-state index is -2.82. The number of rotatable bonds is 1. The summed E-state index contributed by atoms with van der Waals surface area (Å²) in [5.74, 6) is -2.82. The Morgan fingerprint density at radius 2 is 2.15 bits per heavy atom. The lowest BCUT2D eigenvalue weighted by Crippen LogP contribution is -2.28. The number of halogens is 3. The molecule has 70 valence electrons. The van der Waals surface area contributed by atoms with Crippen LogP contribution in [-0.4, -0.2) is 10.9 Å². The van der Waals surface area contributed by atoms with Crippen molar-refractivity contribution in [3.05, 3.63) is 28.5 Å². The Bertz CT molecular complexity index is 356. The lowest BCUT2D eigenvalue weighted by molar-refractivity contribution is 0.0879. The van der Waals surface area contributed by atoms with Crippen LogP contribution in [0.25, 0.3) is 0 Å². The van der Waals surface area contributed by atoms with Crippen molar-refractivity contribution < 1.29 is 8.78 Å². The third-order valence-corrected chi connectivity index (χ3v) is 2.85. The molecule has 1 aromatic rings. The Morgan fingerprint density at radius 3 is 2.62 bits per heavy atom. The lowest BCUT2D eigenvalue weighted by atomic mass is 10.1. The molecule has 13 heavy (non-hydrogen) atoms. The molecule has 0 saturated heterocycles. The smallest absolute Gasteiger partial charge is 0.273 e. The summed E-state index contributed by atoms with van der Waals surface area (Å²) in [7, 11) is 0. The maximum atomic E-state index is 12.9. The maximum absolute atomic E-state index is 12.9. The molecular formula is C8H7BrF2N2. The molecule has 0 bridgehead atoms. The first-order chi connectivity index (χ1) is 5.97. The van der Waals surface area contributed by atoms with Crippen LogP contribution < -0.4 is 5.73 Å². The van der Waals surface area contributed by atoms with Crippen molar-refractivity contribution >= 4 is 15.9 Å². The average Bonchev–Trinajstić information content (AvgIpc) is 2.53. The lowest BCUT2D eigenvalue weighted by Gasteiger charge is -2.10. The van der Waals surface area contributed by atoms with Crippen LogP contribution in [0.15, 0.2) is 22.8 Å². The van der Waals surface area contributed by atoms with Gasteiger partial charge in [-0.2, -0.15) is 0 Å². The van der Waals surface area contributed by atoms with E-state index in [9.17, 15) is 8.78 Å². The standard InChI is InChI=1S/C8H7BrF2N2/c9-5-2-1-3-13-6(5)7(12)4-8(7,10)11/h1-3H,4,12H2. The number of hydrogen-bond acceptors (Lipinski definition) is 2. The van der Waals surface area contributed by atoms with E-state index in [0.29, 0.717) is 4.47 Å². The van der Waals surface area contributed by atoms with Gasteiger partial charge in [0.05, 0.1) is 5.69 Å². The summed E-state index contributed by atoms with van der Waals surface area (Å²) in [6.45, 7) is 0. The maximum Gasteiger partial charge on any atom is 0.273 e. The fraction of sp³-hybridized carbons (Fsp3) is 0.375. The zero-order valence-corrected chi connectivity index (χ0v) is 8.18. The monoisotopic (exact) mass is 248 g/mol. The van der Waals surface area contributed by atoms with Crippen molar-refractivity contribution in [3.8, 4) is 0 Å². The highest BCUT2D eigenvalue weighted by molar-refractivity contribution is 9.10. The molecule has 1 saturated carbocycles. The molecule has 1 fully saturated rings. The van der Waals surface area contributed by atoms with Crippen molar-refractivity contribution in [3.63, 3.8) is 0 Å². The molecule has 5 heteroatoms. The molecule has 1 aliphatic rings. The molecular weight excluding hydrogens is 242 g/mol. The van der Waals surface area contributed by atoms with Crippen LogP contribution in [0.3, 0.4) is 0 Å². The number of aromatic nitrogens is 1. The van der Waals surface area contributed by atoms with Gasteiger partial charge in [-0.25, -0.2) is 8.78 Å². The van der Waals surface area contributed by atoms with Gasteiger partial charge in [0.15, 0.2) is 0 Å². The summed E-state index contributed by atoms with van der Waals surface area (Å²) >= 11 is 3.15. The molecule has 1 unspecified atom stereocenters. The largest absolute Gasteiger partial charge is 0.315 e. The second-order valence-electron chi connectivity index (χ2n) is 3.19. The van der Waals surface area contributed by atoms with Gasteiger partial charge in [-0.3, -0.25) is 4.98 Å². The summed E-state index contributed by atoms with van der Waals surface area (Å²) < 4.78 is 26.3. The van der Waals surface area contributed by atoms with Crippen molar-refractivity contribution in [2.75, 3.05) is 0 Å². The highest BCUT2D eigenvalue weighted by Gasteiger charge is 2.71. The van der Waals surface area contributed by atoms with E-state index in [1.165, 1.54) is 6.20 Å². The first-order valence-corrected chi connectivity index (χ1v) is 4.54. The number of nitrogens with two attached hydrogens (primary N) is 1. The summed E-state index contributed by atoms with van der Waals surface area (Å²) in [5.41, 5.74) is 4.18. The van der Waals surface area contributed by atoms with Crippen molar-refractivity contribution in [2.24, 2.45) is 5.73 Å². The van der Waals surface area contributed by atoms with Gasteiger partial charge in [-0.1, -0.05) is 0 Å². The van der Waals surface area contributed by atoms with Gasteiger partial charge in [0.25, 0.3) is 5.92 Å². The number of alkyl halides is 2. The Labute approximate surface area is 82.3 Å². The Kier molecular flexibility index (Phi) is 1.72. The van der Waals surface area contributed by atoms with E-state index in [4.69, 9.17) is 5.73 Å². The van der Waals surface area contributed by atoms with Crippen LogP contribution in [-0.2, 0) is 5.54 Å². The SMILES string of the molecule is NC1(c2ncccc2Br)CC1(F)F. The molecule has 0 spiro atoms. The van der Waals surface area contributed by atoms with Crippen LogP contribution in [0.1, 0.15) is 12.1 Å². The van der Waals surface area contributed by atoms with Crippen molar-refractivity contribution in [1.82, 2.24) is 4.98 Å². The van der Waals surface area contributed by atoms with E-state index in [0.717, 1.165) is 0 Å². The Balaban J connectivity index is 2.44. The molecule has 1 aromatic heterocycles. The molecule has 2 N–H and O–H groups in total. The van der Waals surface area contributed by atoms with E-state index in [-0.39, 0.29) is 12.1 Å². The van der Waals surface area contributed by atoms with Gasteiger partial charge in [0.1, 0.15) is 5.54 Å². The second kappa shape index (κ2) is 2.48. The van der Waals surface area contributed by atoms with Gasteiger partial charge in [-0.05, 0) is 28.1 Å². The third kappa shape index (κ3) is 1.18. The summed E-state index contributed by atoms with van der Waals surface area (Å²) in [6.07, 6.45) is 1.14. The zero-order chi connectivity index (χ0) is 9.69. The molecule has 0 amide bonds. The average molecular weight is 249 g/mol. The van der Waals surface area contributed by atoms with Gasteiger partial charge < -0.3 is 5.73 Å². The van der Waals surface area contributed by atoms with Gasteiger partial charge in [0.2, 0.25) is 0 Å². The van der Waals surface area contributed by atoms with Gasteiger partial charge in [-0.15, -0.1) is 0 Å². The van der Waals surface area contributed by atoms with Crippen LogP contribution >= 0.6 is 15.9 Å². The van der Waals surface area contributed by atoms with E-state index in [2.05, 4.69) is 20.9 Å². The third-order valence-electron chi connectivity index (χ3n) is 2.21. The van der Waals surface area contributed by atoms with E-state index < -0.39 is 11.5 Å². The fourth-order valence-corrected chi connectivity index (χ4v) is 1.89. The van der Waals surface area contributed by atoms with Gasteiger partial charge in [0, 0.05) is 17.1 Å². The van der Waals surface area contributed by atoms with Crippen molar-refractivity contribution in [2.45, 2.75) is 17.9 Å². The zero-order valence-electron chi connectivity index (χ0n) is 6.60. The molecule has 0 radical (unpaired) electrons. The molecule has 1 aliphatic carbocycles. The number of hydrogen-bond donors (Lipinski definition) is 1. The molecule has 1 atom stereocenters. The number of pyridine rings is 1. The van der Waals surface area contributed by atoms with Gasteiger partial charge >= 0.3 is 0 Å². The van der Waals surface area contributed by atoms with Crippen LogP contribution in [0, 0.1) is 0 Å².